The van der Waals surface area contributed by atoms with E-state index in [1.165, 1.54) is 30.1 Å². The highest BCUT2D eigenvalue weighted by atomic mass is 32.2. The molecule has 10 nitrogen and oxygen atoms in total. The summed E-state index contributed by atoms with van der Waals surface area (Å²) < 4.78 is 88.4. The molecule has 1 aliphatic heterocycles. The summed E-state index contributed by atoms with van der Waals surface area (Å²) in [4.78, 5) is 14.8. The van der Waals surface area contributed by atoms with Gasteiger partial charge in [0.15, 0.2) is 0 Å². The van der Waals surface area contributed by atoms with Crippen molar-refractivity contribution in [2.24, 2.45) is 5.92 Å². The third kappa shape index (κ3) is 6.72. The molecule has 0 aromatic heterocycles. The fraction of sp³-hybridized carbons (Fsp3) is 0.321. The first kappa shape index (κ1) is 31.3. The Hall–Kier alpha value is -3.59. The van der Waals surface area contributed by atoms with Crippen LogP contribution >= 0.6 is 0 Å². The molecule has 0 bridgehead atoms. The van der Waals surface area contributed by atoms with E-state index in [2.05, 4.69) is 4.72 Å². The summed E-state index contributed by atoms with van der Waals surface area (Å²) >= 11 is 0. The van der Waals surface area contributed by atoms with Crippen molar-refractivity contribution in [3.8, 4) is 5.75 Å². The highest BCUT2D eigenvalue weighted by Crippen LogP contribution is 2.32. The second kappa shape index (κ2) is 12.3. The normalized spacial score (nSPS) is 18.5. The number of benzene rings is 3. The lowest BCUT2D eigenvalue weighted by molar-refractivity contribution is 0.0387. The van der Waals surface area contributed by atoms with Crippen LogP contribution in [0.4, 0.5) is 14.5 Å². The number of hydrogen-bond acceptors (Lipinski definition) is 7. The number of halogens is 2. The van der Waals surface area contributed by atoms with Crippen molar-refractivity contribution in [3.63, 3.8) is 0 Å². The third-order valence-electron chi connectivity index (χ3n) is 7.00. The first-order valence-electron chi connectivity index (χ1n) is 13.0. The number of carbonyl (C=O) groups excluding carboxylic acids is 1. The van der Waals surface area contributed by atoms with E-state index < -0.39 is 55.7 Å². The first-order valence-corrected chi connectivity index (χ1v) is 15.9. The molecule has 0 aliphatic carbocycles. The largest absolute Gasteiger partial charge is 0.488 e. The lowest BCUT2D eigenvalue weighted by atomic mass is 9.99. The molecule has 0 spiro atoms. The highest BCUT2D eigenvalue weighted by molar-refractivity contribution is 7.92. The number of sulfonamides is 2. The van der Waals surface area contributed by atoms with Crippen LogP contribution in [0.25, 0.3) is 0 Å². The quantitative estimate of drug-likeness (QED) is 0.374. The number of aliphatic hydroxyl groups excluding tert-OH is 1. The van der Waals surface area contributed by atoms with Gasteiger partial charge in [0.1, 0.15) is 23.5 Å². The SMILES string of the molecule is C[C@H](CO)N1C[C@H](C)[C@H](CN(C)S(=O)(=O)c2ccc(F)cc2)Oc2ccc(NS(=O)(=O)c3ccc(F)cc3)cc2C1=O. The van der Waals surface area contributed by atoms with Gasteiger partial charge in [-0.3, -0.25) is 9.52 Å². The Balaban J connectivity index is 1.68. The second-order valence-corrected chi connectivity index (χ2v) is 13.9. The number of likely N-dealkylation sites (N-methyl/N-ethyl adjacent to an activating group) is 1. The van der Waals surface area contributed by atoms with Gasteiger partial charge in [-0.25, -0.2) is 25.6 Å². The van der Waals surface area contributed by atoms with Gasteiger partial charge >= 0.3 is 0 Å². The van der Waals surface area contributed by atoms with Crippen LogP contribution in [-0.2, 0) is 20.0 Å². The Kier molecular flexibility index (Phi) is 9.21. The van der Waals surface area contributed by atoms with E-state index >= 15 is 0 Å². The molecule has 14 heteroatoms. The number of ether oxygens (including phenoxy) is 1. The molecule has 0 radical (unpaired) electrons. The Morgan fingerprint density at radius 2 is 1.57 bits per heavy atom. The van der Waals surface area contributed by atoms with Gasteiger partial charge in [0.05, 0.1) is 34.5 Å². The van der Waals surface area contributed by atoms with Gasteiger partial charge in [-0.15, -0.1) is 0 Å². The van der Waals surface area contributed by atoms with Gasteiger partial charge in [0.25, 0.3) is 15.9 Å². The molecule has 226 valence electrons. The van der Waals surface area contributed by atoms with Crippen molar-refractivity contribution in [1.82, 2.24) is 9.21 Å². The number of nitrogens with zero attached hydrogens (tertiary/aromatic N) is 2. The molecule has 3 atom stereocenters. The van der Waals surface area contributed by atoms with E-state index in [4.69, 9.17) is 4.74 Å². The molecule has 1 heterocycles. The zero-order valence-corrected chi connectivity index (χ0v) is 24.7. The van der Waals surface area contributed by atoms with Crippen LogP contribution in [0.1, 0.15) is 24.2 Å². The molecule has 0 saturated carbocycles. The Morgan fingerprint density at radius 3 is 2.14 bits per heavy atom. The Morgan fingerprint density at radius 1 is 1.00 bits per heavy atom. The number of carbonyl (C=O) groups is 1. The summed E-state index contributed by atoms with van der Waals surface area (Å²) in [6, 6.07) is 12.1. The molecular weight excluding hydrogens is 592 g/mol. The summed E-state index contributed by atoms with van der Waals surface area (Å²) in [6.45, 7) is 3.04. The minimum absolute atomic E-state index is 0.00412. The molecule has 3 aromatic carbocycles. The second-order valence-electron chi connectivity index (χ2n) is 10.1. The highest BCUT2D eigenvalue weighted by Gasteiger charge is 2.35. The first-order chi connectivity index (χ1) is 19.7. The fourth-order valence-corrected chi connectivity index (χ4v) is 6.70. The summed E-state index contributed by atoms with van der Waals surface area (Å²) in [5.41, 5.74) is 0.0309. The zero-order valence-electron chi connectivity index (χ0n) is 23.1. The standard InChI is InChI=1S/C28H31F2N3O7S2/c1-18-15-33(19(2)17-34)28(35)25-14-22(31-41(36,37)23-9-4-20(29)5-10-23)8-13-26(25)40-27(18)16-32(3)42(38,39)24-11-6-21(30)7-12-24/h4-14,18-19,27,31,34H,15-17H2,1-3H3/t18-,19+,27-/m0/s1. The number of anilines is 1. The number of hydrogen-bond donors (Lipinski definition) is 2. The maximum absolute atomic E-state index is 13.6. The number of aliphatic hydroxyl groups is 1. The maximum atomic E-state index is 13.6. The molecule has 3 aromatic rings. The van der Waals surface area contributed by atoms with E-state index in [0.717, 1.165) is 52.8 Å². The van der Waals surface area contributed by atoms with Crippen LogP contribution in [0.15, 0.2) is 76.5 Å². The summed E-state index contributed by atoms with van der Waals surface area (Å²) in [7, 11) is -6.78. The topological polar surface area (TPSA) is 133 Å². The van der Waals surface area contributed by atoms with E-state index in [1.807, 2.05) is 0 Å². The summed E-state index contributed by atoms with van der Waals surface area (Å²) in [5, 5.41) is 9.86. The van der Waals surface area contributed by atoms with Crippen molar-refractivity contribution < 1.29 is 40.3 Å². The van der Waals surface area contributed by atoms with E-state index in [-0.39, 0.29) is 46.5 Å². The third-order valence-corrected chi connectivity index (χ3v) is 10.2. The number of fused-ring (bicyclic) bond motifs is 1. The van der Waals surface area contributed by atoms with Gasteiger partial charge in [0, 0.05) is 25.2 Å². The number of nitrogens with one attached hydrogen (secondary N) is 1. The van der Waals surface area contributed by atoms with Crippen LogP contribution in [0.2, 0.25) is 0 Å². The van der Waals surface area contributed by atoms with Crippen molar-refractivity contribution in [2.45, 2.75) is 35.8 Å². The minimum atomic E-state index is -4.13. The molecule has 42 heavy (non-hydrogen) atoms. The van der Waals surface area contributed by atoms with E-state index in [9.17, 15) is 35.5 Å². The predicted molar refractivity (Wildman–Crippen MR) is 151 cm³/mol. The molecule has 0 unspecified atom stereocenters. The molecule has 0 fully saturated rings. The molecular formula is C28H31F2N3O7S2. The predicted octanol–water partition coefficient (Wildman–Crippen LogP) is 3.31. The molecule has 1 aliphatic rings. The fourth-order valence-electron chi connectivity index (χ4n) is 4.47. The van der Waals surface area contributed by atoms with Gasteiger partial charge in [-0.1, -0.05) is 6.92 Å². The van der Waals surface area contributed by atoms with Crippen LogP contribution in [-0.4, -0.2) is 75.9 Å². The molecule has 4 rings (SSSR count). The molecule has 0 saturated heterocycles. The monoisotopic (exact) mass is 623 g/mol. The average molecular weight is 624 g/mol. The lowest BCUT2D eigenvalue weighted by Gasteiger charge is -2.38. The van der Waals surface area contributed by atoms with Crippen molar-refractivity contribution >= 4 is 31.6 Å². The van der Waals surface area contributed by atoms with Crippen molar-refractivity contribution in [2.75, 3.05) is 31.5 Å². The Bertz CT molecular complexity index is 1650. The van der Waals surface area contributed by atoms with E-state index in [0.29, 0.717) is 0 Å². The van der Waals surface area contributed by atoms with Gasteiger partial charge in [-0.05, 0) is 73.7 Å². The summed E-state index contributed by atoms with van der Waals surface area (Å²) in [6.07, 6.45) is -0.771. The maximum Gasteiger partial charge on any atom is 0.261 e. The molecule has 2 N–H and O–H groups in total. The Labute approximate surface area is 243 Å². The average Bonchev–Trinajstić information content (AvgIpc) is 2.95. The number of rotatable bonds is 9. The van der Waals surface area contributed by atoms with Gasteiger partial charge < -0.3 is 14.7 Å². The zero-order chi connectivity index (χ0) is 30.8. The van der Waals surface area contributed by atoms with Crippen molar-refractivity contribution in [3.05, 3.63) is 83.9 Å². The van der Waals surface area contributed by atoms with E-state index in [1.54, 1.807) is 13.8 Å². The summed E-state index contributed by atoms with van der Waals surface area (Å²) in [5.74, 6) is -2.02. The number of amides is 1. The van der Waals surface area contributed by atoms with Crippen LogP contribution < -0.4 is 9.46 Å². The smallest absolute Gasteiger partial charge is 0.261 e. The van der Waals surface area contributed by atoms with Crippen LogP contribution in [0.5, 0.6) is 5.75 Å². The minimum Gasteiger partial charge on any atom is -0.488 e. The van der Waals surface area contributed by atoms with Crippen molar-refractivity contribution in [1.29, 1.82) is 0 Å². The van der Waals surface area contributed by atoms with Gasteiger partial charge in [0.2, 0.25) is 10.0 Å². The lowest BCUT2D eigenvalue weighted by Crippen LogP contribution is -2.50. The van der Waals surface area contributed by atoms with Crippen LogP contribution in [0.3, 0.4) is 0 Å². The molecule has 1 amide bonds. The van der Waals surface area contributed by atoms with Crippen LogP contribution in [0, 0.1) is 17.6 Å². The van der Waals surface area contributed by atoms with Gasteiger partial charge in [-0.2, -0.15) is 4.31 Å².